The Hall–Kier alpha value is -0.770. The largest absolute Gasteiger partial charge is 0.340 e. The topological polar surface area (TPSA) is 25.2 Å². The van der Waals surface area contributed by atoms with Gasteiger partial charge in [0.25, 0.3) is 5.91 Å². The summed E-state index contributed by atoms with van der Waals surface area (Å²) >= 11 is 3.41. The van der Waals surface area contributed by atoms with E-state index in [-0.39, 0.29) is 18.0 Å². The van der Waals surface area contributed by atoms with Crippen molar-refractivity contribution in [2.75, 3.05) is 7.05 Å². The predicted molar refractivity (Wildman–Crippen MR) is 69.7 cm³/mol. The summed E-state index contributed by atoms with van der Waals surface area (Å²) < 4.78 is 2.94. The van der Waals surface area contributed by atoms with Crippen LogP contribution in [0.1, 0.15) is 44.2 Å². The fraction of sp³-hybridized carbons (Fsp3) is 0.583. The molecule has 4 heteroatoms. The van der Waals surface area contributed by atoms with Gasteiger partial charge in [0.05, 0.1) is 0 Å². The number of hydrogen-bond donors (Lipinski definition) is 0. The zero-order valence-corrected chi connectivity index (χ0v) is 12.1. The maximum Gasteiger partial charge on any atom is 0.270 e. The minimum Gasteiger partial charge on any atom is -0.340 e. The molecule has 3 nitrogen and oxygen atoms in total. The van der Waals surface area contributed by atoms with Gasteiger partial charge in [-0.25, -0.2) is 0 Å². The van der Waals surface area contributed by atoms with E-state index < -0.39 is 0 Å². The quantitative estimate of drug-likeness (QED) is 0.837. The second-order valence-corrected chi connectivity index (χ2v) is 5.47. The molecule has 0 aliphatic rings. The van der Waals surface area contributed by atoms with E-state index in [2.05, 4.69) is 29.8 Å². The van der Waals surface area contributed by atoms with E-state index in [1.807, 2.05) is 37.7 Å². The van der Waals surface area contributed by atoms with Crippen LogP contribution in [0.25, 0.3) is 0 Å². The number of amides is 1. The Kier molecular flexibility index (Phi) is 4.19. The third-order valence-corrected chi connectivity index (χ3v) is 3.12. The molecule has 0 aliphatic heterocycles. The second kappa shape index (κ2) is 5.04. The lowest BCUT2D eigenvalue weighted by Crippen LogP contribution is -2.34. The molecule has 0 fully saturated rings. The molecule has 0 aromatic carbocycles. The van der Waals surface area contributed by atoms with Crippen LogP contribution in [0.4, 0.5) is 0 Å². The van der Waals surface area contributed by atoms with Crippen LogP contribution in [-0.4, -0.2) is 28.5 Å². The average Bonchev–Trinajstić information content (AvgIpc) is 2.58. The lowest BCUT2D eigenvalue weighted by molar-refractivity contribution is 0.0742. The highest BCUT2D eigenvalue weighted by Crippen LogP contribution is 2.20. The first-order chi connectivity index (χ1) is 7.34. The van der Waals surface area contributed by atoms with Gasteiger partial charge in [-0.05, 0) is 49.7 Å². The van der Waals surface area contributed by atoms with Crippen LogP contribution >= 0.6 is 15.9 Å². The van der Waals surface area contributed by atoms with Crippen molar-refractivity contribution in [2.45, 2.75) is 39.8 Å². The van der Waals surface area contributed by atoms with Gasteiger partial charge in [-0.1, -0.05) is 0 Å². The zero-order valence-electron chi connectivity index (χ0n) is 10.5. The van der Waals surface area contributed by atoms with Gasteiger partial charge in [-0.2, -0.15) is 0 Å². The summed E-state index contributed by atoms with van der Waals surface area (Å²) in [5.74, 6) is 0.0643. The summed E-state index contributed by atoms with van der Waals surface area (Å²) in [6.45, 7) is 8.16. The summed E-state index contributed by atoms with van der Waals surface area (Å²) in [7, 11) is 1.83. The van der Waals surface area contributed by atoms with Crippen LogP contribution in [0, 0.1) is 0 Å². The smallest absolute Gasteiger partial charge is 0.270 e. The van der Waals surface area contributed by atoms with Crippen molar-refractivity contribution in [3.8, 4) is 0 Å². The van der Waals surface area contributed by atoms with Crippen LogP contribution < -0.4 is 0 Å². The molecule has 1 rings (SSSR count). The van der Waals surface area contributed by atoms with Crippen molar-refractivity contribution in [1.82, 2.24) is 9.47 Å². The van der Waals surface area contributed by atoms with E-state index in [1.54, 1.807) is 4.90 Å². The lowest BCUT2D eigenvalue weighted by Gasteiger charge is -2.23. The second-order valence-electron chi connectivity index (χ2n) is 4.55. The van der Waals surface area contributed by atoms with E-state index in [0.29, 0.717) is 0 Å². The summed E-state index contributed by atoms with van der Waals surface area (Å²) in [6.07, 6.45) is 1.95. The molecule has 0 aliphatic carbocycles. The van der Waals surface area contributed by atoms with Crippen LogP contribution in [0.15, 0.2) is 16.7 Å². The molecule has 1 aromatic rings. The van der Waals surface area contributed by atoms with Crippen molar-refractivity contribution in [3.05, 3.63) is 22.4 Å². The Morgan fingerprint density at radius 3 is 2.38 bits per heavy atom. The van der Waals surface area contributed by atoms with Gasteiger partial charge < -0.3 is 9.47 Å². The predicted octanol–water partition coefficient (Wildman–Crippen LogP) is 3.31. The minimum absolute atomic E-state index is 0.0643. The van der Waals surface area contributed by atoms with E-state index in [4.69, 9.17) is 0 Å². The molecule has 90 valence electrons. The molecular formula is C12H19BrN2O. The maximum atomic E-state index is 12.2. The Bertz CT molecular complexity index is 382. The van der Waals surface area contributed by atoms with Crippen LogP contribution in [0.5, 0.6) is 0 Å². The van der Waals surface area contributed by atoms with E-state index in [1.165, 1.54) is 0 Å². The standard InChI is InChI=1S/C12H19BrN2O/c1-8(2)14(5)12(16)11-6-10(13)7-15(11)9(3)4/h6-9H,1-5H3. The number of halogens is 1. The van der Waals surface area contributed by atoms with Crippen LogP contribution in [0.2, 0.25) is 0 Å². The van der Waals surface area contributed by atoms with Gasteiger partial charge in [-0.15, -0.1) is 0 Å². The zero-order chi connectivity index (χ0) is 12.5. The molecule has 0 saturated carbocycles. The molecule has 1 amide bonds. The Morgan fingerprint density at radius 1 is 1.38 bits per heavy atom. The first-order valence-corrected chi connectivity index (χ1v) is 6.28. The number of rotatable bonds is 3. The molecule has 1 aromatic heterocycles. The van der Waals surface area contributed by atoms with Crippen molar-refractivity contribution >= 4 is 21.8 Å². The third-order valence-electron chi connectivity index (χ3n) is 2.69. The van der Waals surface area contributed by atoms with Crippen molar-refractivity contribution in [3.63, 3.8) is 0 Å². The highest BCUT2D eigenvalue weighted by atomic mass is 79.9. The molecule has 0 N–H and O–H groups in total. The normalized spacial score (nSPS) is 11.2. The van der Waals surface area contributed by atoms with Crippen molar-refractivity contribution in [2.24, 2.45) is 0 Å². The molecule has 0 spiro atoms. The van der Waals surface area contributed by atoms with E-state index >= 15 is 0 Å². The monoisotopic (exact) mass is 286 g/mol. The summed E-state index contributed by atoms with van der Waals surface area (Å²) in [5, 5.41) is 0. The molecular weight excluding hydrogens is 268 g/mol. The third kappa shape index (κ3) is 2.67. The molecule has 16 heavy (non-hydrogen) atoms. The average molecular weight is 287 g/mol. The van der Waals surface area contributed by atoms with Crippen LogP contribution in [0.3, 0.4) is 0 Å². The number of aromatic nitrogens is 1. The van der Waals surface area contributed by atoms with Crippen LogP contribution in [-0.2, 0) is 0 Å². The molecule has 0 bridgehead atoms. The molecule has 0 unspecified atom stereocenters. The molecule has 0 saturated heterocycles. The SMILES string of the molecule is CC(C)N(C)C(=O)c1cc(Br)cn1C(C)C. The summed E-state index contributed by atoms with van der Waals surface area (Å²) in [5.41, 5.74) is 0.734. The van der Waals surface area contributed by atoms with E-state index in [9.17, 15) is 4.79 Å². The van der Waals surface area contributed by atoms with Gasteiger partial charge in [0.15, 0.2) is 0 Å². The maximum absolute atomic E-state index is 12.2. The molecule has 1 heterocycles. The van der Waals surface area contributed by atoms with Crippen molar-refractivity contribution in [1.29, 1.82) is 0 Å². The highest BCUT2D eigenvalue weighted by molar-refractivity contribution is 9.10. The van der Waals surface area contributed by atoms with Gasteiger partial charge >= 0.3 is 0 Å². The lowest BCUT2D eigenvalue weighted by atomic mass is 10.3. The number of nitrogens with zero attached hydrogens (tertiary/aromatic N) is 2. The fourth-order valence-corrected chi connectivity index (χ4v) is 1.90. The molecule has 0 radical (unpaired) electrons. The first kappa shape index (κ1) is 13.3. The number of hydrogen-bond acceptors (Lipinski definition) is 1. The number of carbonyl (C=O) groups excluding carboxylic acids is 1. The summed E-state index contributed by atoms with van der Waals surface area (Å²) in [6, 6.07) is 2.37. The van der Waals surface area contributed by atoms with E-state index in [0.717, 1.165) is 10.2 Å². The van der Waals surface area contributed by atoms with Gasteiger partial charge in [0.1, 0.15) is 5.69 Å². The fourth-order valence-electron chi connectivity index (χ4n) is 1.46. The first-order valence-electron chi connectivity index (χ1n) is 5.49. The highest BCUT2D eigenvalue weighted by Gasteiger charge is 2.19. The minimum atomic E-state index is 0.0643. The van der Waals surface area contributed by atoms with Crippen molar-refractivity contribution < 1.29 is 4.79 Å². The van der Waals surface area contributed by atoms with Gasteiger partial charge in [0, 0.05) is 29.8 Å². The Morgan fingerprint density at radius 2 is 1.94 bits per heavy atom. The summed E-state index contributed by atoms with van der Waals surface area (Å²) in [4.78, 5) is 14.0. The Balaban J connectivity index is 3.08. The number of carbonyl (C=O) groups is 1. The van der Waals surface area contributed by atoms with Gasteiger partial charge in [-0.3, -0.25) is 4.79 Å². The molecule has 0 atom stereocenters. The van der Waals surface area contributed by atoms with Gasteiger partial charge in [0.2, 0.25) is 0 Å². The Labute approximate surface area is 106 Å².